The largest absolute Gasteiger partial charge is 0.509 e. The van der Waals surface area contributed by atoms with Gasteiger partial charge in [-0.15, -0.1) is 48.1 Å². The van der Waals surface area contributed by atoms with E-state index in [1.165, 1.54) is 55.8 Å². The zero-order chi connectivity index (χ0) is 45.2. The second-order valence-corrected chi connectivity index (χ2v) is 18.7. The molecule has 0 saturated carbocycles. The van der Waals surface area contributed by atoms with Crippen LogP contribution in [0.4, 0.5) is 22.7 Å². The third-order valence-electron chi connectivity index (χ3n) is 13.7. The molecule has 6 heteroatoms. The number of para-hydroxylation sites is 3. The molecule has 3 heterocycles. The Morgan fingerprint density at radius 1 is 0.603 bits per heavy atom. The van der Waals surface area contributed by atoms with Gasteiger partial charge in [-0.2, -0.15) is 12.1 Å². The Balaban J connectivity index is 0.00000507. The van der Waals surface area contributed by atoms with Crippen molar-refractivity contribution >= 4 is 44.6 Å². The number of ether oxygens (including phenoxy) is 1. The number of anilines is 4. The number of hydrogen-bond acceptors (Lipinski definition) is 4. The number of nitrogens with zero attached hydrogens (tertiary/aromatic N) is 4. The molecule has 1 aliphatic heterocycles. The van der Waals surface area contributed by atoms with E-state index in [1.807, 2.05) is 24.4 Å². The molecular formula is C62H49N4OPt-3. The van der Waals surface area contributed by atoms with Gasteiger partial charge in [0.1, 0.15) is 5.82 Å². The van der Waals surface area contributed by atoms with Crippen molar-refractivity contribution in [2.45, 2.75) is 46.0 Å². The molecule has 2 aromatic heterocycles. The van der Waals surface area contributed by atoms with Gasteiger partial charge in [0.2, 0.25) is 0 Å². The van der Waals surface area contributed by atoms with Crippen LogP contribution >= 0.6 is 0 Å². The molecule has 0 saturated heterocycles. The second kappa shape index (κ2) is 17.5. The number of aromatic nitrogens is 2. The van der Waals surface area contributed by atoms with Crippen LogP contribution in [0.5, 0.6) is 11.5 Å². The Morgan fingerprint density at radius 3 is 2.06 bits per heavy atom. The maximum atomic E-state index is 6.74. The van der Waals surface area contributed by atoms with Crippen molar-refractivity contribution in [3.05, 3.63) is 224 Å². The minimum atomic E-state index is -0.150. The summed E-state index contributed by atoms with van der Waals surface area (Å²) >= 11 is 0. The topological polar surface area (TPSA) is 33.5 Å². The summed E-state index contributed by atoms with van der Waals surface area (Å²) < 4.78 is 8.97. The average molecular weight is 1060 g/mol. The van der Waals surface area contributed by atoms with Gasteiger partial charge in [0.25, 0.3) is 0 Å². The molecule has 0 bridgehead atoms. The van der Waals surface area contributed by atoms with E-state index in [9.17, 15) is 0 Å². The molecular weight excluding hydrogens is 1010 g/mol. The third-order valence-corrected chi connectivity index (χ3v) is 13.7. The van der Waals surface area contributed by atoms with Crippen molar-refractivity contribution in [3.8, 4) is 50.7 Å². The van der Waals surface area contributed by atoms with E-state index in [1.54, 1.807) is 0 Å². The number of fused-ring (bicyclic) bond motifs is 7. The molecule has 0 spiro atoms. The van der Waals surface area contributed by atoms with Crippen LogP contribution in [-0.2, 0) is 32.9 Å². The summed E-state index contributed by atoms with van der Waals surface area (Å²) in [5.41, 5.74) is 17.3. The first-order chi connectivity index (χ1) is 32.8. The Bertz CT molecular complexity index is 3500. The average Bonchev–Trinajstić information content (AvgIpc) is 3.99. The molecule has 1 aliphatic carbocycles. The van der Waals surface area contributed by atoms with Crippen molar-refractivity contribution in [1.29, 1.82) is 0 Å². The van der Waals surface area contributed by atoms with Gasteiger partial charge in [-0.25, -0.2) is 4.98 Å². The fourth-order valence-electron chi connectivity index (χ4n) is 10.4. The summed E-state index contributed by atoms with van der Waals surface area (Å²) in [7, 11) is 0. The monoisotopic (exact) mass is 1060 g/mol. The van der Waals surface area contributed by atoms with Gasteiger partial charge >= 0.3 is 0 Å². The molecule has 10 aromatic rings. The van der Waals surface area contributed by atoms with E-state index in [0.717, 1.165) is 57.5 Å². The zero-order valence-corrected chi connectivity index (χ0v) is 40.8. The van der Waals surface area contributed by atoms with Crippen LogP contribution in [0.15, 0.2) is 188 Å². The van der Waals surface area contributed by atoms with E-state index in [2.05, 4.69) is 225 Å². The van der Waals surface area contributed by atoms with Crippen LogP contribution in [0.3, 0.4) is 0 Å². The fourth-order valence-corrected chi connectivity index (χ4v) is 10.4. The van der Waals surface area contributed by atoms with E-state index in [0.29, 0.717) is 17.4 Å². The molecule has 68 heavy (non-hydrogen) atoms. The minimum absolute atomic E-state index is 0. The SMILES string of the molecule is CC(C)CCc1cc(-n2c3[c-]c(Oc4[c-]c(N5[CH-]N(c6c(-c7ccccc7)ccc7c6-c6ccccc6C7(C)C)c6ccccc65)ccc4)ccc3c3ccccc32)ncc1-c1ccccc1.[Pt]. The molecule has 0 radical (unpaired) electrons. The summed E-state index contributed by atoms with van der Waals surface area (Å²) in [5, 5.41) is 2.24. The standard InChI is InChI=1S/C62H49N4O.Pt/c1-41(2)30-31-44-36-59(63-39-52(44)43-20-9-6-10-21-43)66-55-27-14-12-24-49(55)50-33-32-47(38-58(50)66)67-46-23-17-22-45(37-46)64-40-65(57-29-16-15-28-56(57)64)61-48(42-18-7-5-8-19-42)34-35-54-60(61)51-25-11-13-26-53(51)62(54,3)4;/h5-29,32-36,39-41H,30-31H2,1-4H3;/q-3;. The maximum Gasteiger partial charge on any atom is 0.135 e. The number of pyridine rings is 1. The Kier molecular flexibility index (Phi) is 11.1. The van der Waals surface area contributed by atoms with E-state index < -0.39 is 0 Å². The number of hydrogen-bond donors (Lipinski definition) is 0. The first kappa shape index (κ1) is 43.4. The molecule has 0 fully saturated rings. The molecule has 0 atom stereocenters. The van der Waals surface area contributed by atoms with Crippen molar-refractivity contribution in [2.75, 3.05) is 9.80 Å². The molecule has 0 N–H and O–H groups in total. The van der Waals surface area contributed by atoms with E-state index in [-0.39, 0.29) is 26.5 Å². The van der Waals surface area contributed by atoms with Crippen LogP contribution < -0.4 is 14.5 Å². The van der Waals surface area contributed by atoms with Gasteiger partial charge < -0.3 is 19.1 Å². The quantitative estimate of drug-likeness (QED) is 0.128. The van der Waals surface area contributed by atoms with Crippen molar-refractivity contribution in [3.63, 3.8) is 0 Å². The first-order valence-electron chi connectivity index (χ1n) is 23.4. The number of benzene rings is 8. The Hall–Kier alpha value is -7.20. The number of rotatable bonds is 10. The van der Waals surface area contributed by atoms with Crippen LogP contribution in [0, 0.1) is 24.7 Å². The molecule has 336 valence electrons. The summed E-state index contributed by atoms with van der Waals surface area (Å²) in [6.45, 7) is 11.5. The summed E-state index contributed by atoms with van der Waals surface area (Å²) in [6.07, 6.45) is 4.10. The second-order valence-electron chi connectivity index (χ2n) is 18.7. The van der Waals surface area contributed by atoms with Gasteiger partial charge in [-0.3, -0.25) is 0 Å². The van der Waals surface area contributed by atoms with Gasteiger partial charge in [0.15, 0.2) is 0 Å². The predicted octanol–water partition coefficient (Wildman–Crippen LogP) is 16.2. The van der Waals surface area contributed by atoms with Crippen molar-refractivity contribution in [2.24, 2.45) is 5.92 Å². The normalized spacial score (nSPS) is 13.4. The first-order valence-corrected chi connectivity index (χ1v) is 23.4. The molecule has 0 unspecified atom stereocenters. The Labute approximate surface area is 413 Å². The fraction of sp³-hybridized carbons (Fsp3) is 0.129. The van der Waals surface area contributed by atoms with Crippen LogP contribution in [0.1, 0.15) is 50.8 Å². The van der Waals surface area contributed by atoms with Gasteiger partial charge in [-0.1, -0.05) is 161 Å². The smallest absolute Gasteiger partial charge is 0.135 e. The molecule has 12 rings (SSSR count). The van der Waals surface area contributed by atoms with Gasteiger partial charge in [0.05, 0.1) is 0 Å². The van der Waals surface area contributed by atoms with E-state index in [4.69, 9.17) is 9.72 Å². The summed E-state index contributed by atoms with van der Waals surface area (Å²) in [5.74, 6) is 2.65. The van der Waals surface area contributed by atoms with Gasteiger partial charge in [-0.05, 0) is 81.8 Å². The summed E-state index contributed by atoms with van der Waals surface area (Å²) in [6, 6.07) is 72.0. The van der Waals surface area contributed by atoms with Crippen molar-refractivity contribution in [1.82, 2.24) is 9.55 Å². The maximum absolute atomic E-state index is 6.74. The minimum Gasteiger partial charge on any atom is -0.509 e. The number of aryl methyl sites for hydroxylation is 1. The summed E-state index contributed by atoms with van der Waals surface area (Å²) in [4.78, 5) is 9.76. The predicted molar refractivity (Wildman–Crippen MR) is 276 cm³/mol. The molecule has 5 nitrogen and oxygen atoms in total. The van der Waals surface area contributed by atoms with Crippen LogP contribution in [0.2, 0.25) is 0 Å². The van der Waals surface area contributed by atoms with Crippen LogP contribution in [0.25, 0.3) is 61.0 Å². The zero-order valence-electron chi connectivity index (χ0n) is 38.5. The molecule has 0 amide bonds. The molecule has 2 aliphatic rings. The van der Waals surface area contributed by atoms with Crippen molar-refractivity contribution < 1.29 is 25.8 Å². The third kappa shape index (κ3) is 7.32. The van der Waals surface area contributed by atoms with Gasteiger partial charge in [0, 0.05) is 83.4 Å². The van der Waals surface area contributed by atoms with E-state index >= 15 is 0 Å². The van der Waals surface area contributed by atoms with Crippen LogP contribution in [-0.4, -0.2) is 9.55 Å². The Morgan fingerprint density at radius 2 is 1.28 bits per heavy atom. The molecule has 8 aromatic carbocycles.